The van der Waals surface area contributed by atoms with Crippen molar-refractivity contribution >= 4 is 22.8 Å². The summed E-state index contributed by atoms with van der Waals surface area (Å²) in [4.78, 5) is 22.5. The number of thioether (sulfide) groups is 1. The highest BCUT2D eigenvalue weighted by Gasteiger charge is 2.15. The summed E-state index contributed by atoms with van der Waals surface area (Å²) in [7, 11) is 3.22. The zero-order valence-corrected chi connectivity index (χ0v) is 17.1. The van der Waals surface area contributed by atoms with Gasteiger partial charge in [0, 0.05) is 17.1 Å². The van der Waals surface area contributed by atoms with E-state index in [1.54, 1.807) is 25.0 Å². The predicted molar refractivity (Wildman–Crippen MR) is 115 cm³/mol. The molecule has 0 aliphatic heterocycles. The maximum absolute atomic E-state index is 13.5. The molecule has 0 unspecified atom stereocenters. The standard InChI is InChI=1S/C22H19N3O3S/c1-27-17-8-4-14(5-9-17)19-12-15-13-23-22(29-3)24-20(15)25(21(19)26)16-6-10-18(28-2)11-7-16/h4-13H,1-3H3. The van der Waals surface area contributed by atoms with E-state index >= 15 is 0 Å². The quantitative estimate of drug-likeness (QED) is 0.366. The molecule has 0 saturated carbocycles. The Bertz CT molecular complexity index is 1220. The minimum atomic E-state index is -0.154. The zero-order valence-electron chi connectivity index (χ0n) is 16.2. The van der Waals surface area contributed by atoms with E-state index in [0.717, 1.165) is 22.4 Å². The first-order chi connectivity index (χ1) is 14.1. The maximum atomic E-state index is 13.5. The Morgan fingerprint density at radius 1 is 0.931 bits per heavy atom. The van der Waals surface area contributed by atoms with Gasteiger partial charge < -0.3 is 9.47 Å². The molecule has 2 aromatic carbocycles. The molecule has 0 atom stereocenters. The fourth-order valence-corrected chi connectivity index (χ4v) is 3.46. The van der Waals surface area contributed by atoms with Gasteiger partial charge in [-0.05, 0) is 54.3 Å². The largest absolute Gasteiger partial charge is 0.497 e. The van der Waals surface area contributed by atoms with Gasteiger partial charge in [0.05, 0.1) is 19.9 Å². The topological polar surface area (TPSA) is 66.2 Å². The number of ether oxygens (including phenoxy) is 2. The molecule has 0 amide bonds. The minimum Gasteiger partial charge on any atom is -0.497 e. The lowest BCUT2D eigenvalue weighted by Gasteiger charge is -2.13. The fourth-order valence-electron chi connectivity index (χ4n) is 3.13. The molecule has 29 heavy (non-hydrogen) atoms. The summed E-state index contributed by atoms with van der Waals surface area (Å²) in [6.45, 7) is 0. The number of fused-ring (bicyclic) bond motifs is 1. The average molecular weight is 405 g/mol. The predicted octanol–water partition coefficient (Wildman–Crippen LogP) is 4.19. The second kappa shape index (κ2) is 7.97. The van der Waals surface area contributed by atoms with Crippen molar-refractivity contribution in [2.45, 2.75) is 5.16 Å². The summed E-state index contributed by atoms with van der Waals surface area (Å²) in [6.07, 6.45) is 3.66. The molecule has 6 nitrogen and oxygen atoms in total. The zero-order chi connectivity index (χ0) is 20.4. The van der Waals surface area contributed by atoms with E-state index in [-0.39, 0.29) is 5.56 Å². The summed E-state index contributed by atoms with van der Waals surface area (Å²) in [5.41, 5.74) is 2.49. The van der Waals surface area contributed by atoms with Crippen molar-refractivity contribution in [2.75, 3.05) is 20.5 Å². The number of rotatable bonds is 5. The number of pyridine rings is 1. The number of hydrogen-bond donors (Lipinski definition) is 0. The summed E-state index contributed by atoms with van der Waals surface area (Å²) in [6, 6.07) is 16.6. The van der Waals surface area contributed by atoms with Crippen LogP contribution in [0.15, 0.2) is 70.7 Å². The van der Waals surface area contributed by atoms with Gasteiger partial charge in [0.25, 0.3) is 5.56 Å². The molecular formula is C22H19N3O3S. The van der Waals surface area contributed by atoms with E-state index in [9.17, 15) is 4.79 Å². The summed E-state index contributed by atoms with van der Waals surface area (Å²) in [5, 5.41) is 1.39. The first-order valence-corrected chi connectivity index (χ1v) is 10.1. The van der Waals surface area contributed by atoms with Crippen LogP contribution < -0.4 is 15.0 Å². The number of nitrogens with zero attached hydrogens (tertiary/aromatic N) is 3. The van der Waals surface area contributed by atoms with E-state index in [0.29, 0.717) is 22.1 Å². The monoisotopic (exact) mass is 405 g/mol. The normalized spacial score (nSPS) is 10.9. The van der Waals surface area contributed by atoms with E-state index < -0.39 is 0 Å². The van der Waals surface area contributed by atoms with Crippen LogP contribution in [0.25, 0.3) is 27.8 Å². The molecule has 0 fully saturated rings. The lowest BCUT2D eigenvalue weighted by molar-refractivity contribution is 0.414. The van der Waals surface area contributed by atoms with Gasteiger partial charge in [0.1, 0.15) is 11.5 Å². The summed E-state index contributed by atoms with van der Waals surface area (Å²) < 4.78 is 12.1. The molecule has 0 saturated heterocycles. The second-order valence-corrected chi connectivity index (χ2v) is 7.03. The SMILES string of the molecule is COc1ccc(-c2cc3cnc(SC)nc3n(-c3ccc(OC)cc3)c2=O)cc1. The lowest BCUT2D eigenvalue weighted by atomic mass is 10.1. The van der Waals surface area contributed by atoms with Gasteiger partial charge in [-0.1, -0.05) is 23.9 Å². The molecule has 2 aromatic heterocycles. The molecule has 146 valence electrons. The van der Waals surface area contributed by atoms with Crippen LogP contribution in [0.3, 0.4) is 0 Å². The van der Waals surface area contributed by atoms with Crippen molar-refractivity contribution < 1.29 is 9.47 Å². The average Bonchev–Trinajstić information content (AvgIpc) is 2.78. The Morgan fingerprint density at radius 2 is 1.55 bits per heavy atom. The van der Waals surface area contributed by atoms with Crippen molar-refractivity contribution in [2.24, 2.45) is 0 Å². The first kappa shape index (κ1) is 19.0. The molecule has 4 rings (SSSR count). The van der Waals surface area contributed by atoms with Crippen molar-refractivity contribution in [3.63, 3.8) is 0 Å². The molecule has 2 heterocycles. The van der Waals surface area contributed by atoms with Crippen molar-refractivity contribution in [1.29, 1.82) is 0 Å². The number of methoxy groups -OCH3 is 2. The molecule has 4 aromatic rings. The molecule has 0 radical (unpaired) electrons. The third-order valence-electron chi connectivity index (χ3n) is 4.63. The van der Waals surface area contributed by atoms with E-state index in [2.05, 4.69) is 9.97 Å². The van der Waals surface area contributed by atoms with Crippen LogP contribution in [0.4, 0.5) is 0 Å². The van der Waals surface area contributed by atoms with Gasteiger partial charge in [0.15, 0.2) is 10.8 Å². The molecule has 0 aliphatic rings. The van der Waals surface area contributed by atoms with E-state index in [1.807, 2.05) is 60.9 Å². The van der Waals surface area contributed by atoms with Crippen LogP contribution in [0.2, 0.25) is 0 Å². The van der Waals surface area contributed by atoms with Crippen LogP contribution in [0.1, 0.15) is 0 Å². The van der Waals surface area contributed by atoms with E-state index in [1.165, 1.54) is 11.8 Å². The highest BCUT2D eigenvalue weighted by Crippen LogP contribution is 2.25. The smallest absolute Gasteiger partial charge is 0.264 e. The van der Waals surface area contributed by atoms with E-state index in [4.69, 9.17) is 9.47 Å². The van der Waals surface area contributed by atoms with Crippen LogP contribution in [-0.4, -0.2) is 35.0 Å². The van der Waals surface area contributed by atoms with Gasteiger partial charge in [-0.15, -0.1) is 0 Å². The number of benzene rings is 2. The molecule has 7 heteroatoms. The molecular weight excluding hydrogens is 386 g/mol. The molecule has 0 aliphatic carbocycles. The Kier molecular flexibility index (Phi) is 5.22. The second-order valence-electron chi connectivity index (χ2n) is 6.26. The minimum absolute atomic E-state index is 0.154. The van der Waals surface area contributed by atoms with Crippen molar-refractivity contribution in [3.05, 3.63) is 71.1 Å². The van der Waals surface area contributed by atoms with Gasteiger partial charge in [-0.25, -0.2) is 9.97 Å². The summed E-state index contributed by atoms with van der Waals surface area (Å²) in [5.74, 6) is 1.45. The van der Waals surface area contributed by atoms with Crippen LogP contribution in [0.5, 0.6) is 11.5 Å². The third kappa shape index (κ3) is 3.56. The number of aromatic nitrogens is 3. The van der Waals surface area contributed by atoms with Crippen LogP contribution in [-0.2, 0) is 0 Å². The first-order valence-electron chi connectivity index (χ1n) is 8.90. The summed E-state index contributed by atoms with van der Waals surface area (Å²) >= 11 is 1.43. The Labute approximate surface area is 172 Å². The fraction of sp³-hybridized carbons (Fsp3) is 0.136. The molecule has 0 spiro atoms. The lowest BCUT2D eigenvalue weighted by Crippen LogP contribution is -2.21. The maximum Gasteiger partial charge on any atom is 0.264 e. The van der Waals surface area contributed by atoms with Gasteiger partial charge in [-0.3, -0.25) is 9.36 Å². The highest BCUT2D eigenvalue weighted by atomic mass is 32.2. The Morgan fingerprint density at radius 3 is 2.14 bits per heavy atom. The van der Waals surface area contributed by atoms with Crippen molar-refractivity contribution in [3.8, 4) is 28.3 Å². The Balaban J connectivity index is 2.01. The van der Waals surface area contributed by atoms with Gasteiger partial charge in [0.2, 0.25) is 0 Å². The van der Waals surface area contributed by atoms with Crippen molar-refractivity contribution in [1.82, 2.24) is 14.5 Å². The Hall–Kier alpha value is -3.32. The third-order valence-corrected chi connectivity index (χ3v) is 5.20. The van der Waals surface area contributed by atoms with Gasteiger partial charge in [-0.2, -0.15) is 0 Å². The molecule has 0 bridgehead atoms. The molecule has 0 N–H and O–H groups in total. The highest BCUT2D eigenvalue weighted by molar-refractivity contribution is 7.98. The number of hydrogen-bond acceptors (Lipinski definition) is 6. The van der Waals surface area contributed by atoms with Crippen LogP contribution in [0, 0.1) is 0 Å². The van der Waals surface area contributed by atoms with Gasteiger partial charge >= 0.3 is 0 Å². The van der Waals surface area contributed by atoms with Crippen LogP contribution >= 0.6 is 11.8 Å².